The number of halogens is 2. The molecule has 0 rings (SSSR count). The lowest BCUT2D eigenvalue weighted by atomic mass is 11.9. The van der Waals surface area contributed by atoms with E-state index in [1.165, 1.54) is 0 Å². The zero-order valence-electron chi connectivity index (χ0n) is 1.83. The van der Waals surface area contributed by atoms with E-state index in [4.69, 9.17) is 0 Å². The van der Waals surface area contributed by atoms with Gasteiger partial charge in [0.05, 0.1) is 10.2 Å². The summed E-state index contributed by atoms with van der Waals surface area (Å²) in [6, 6.07) is 0. The van der Waals surface area contributed by atoms with Crippen LogP contribution in [-0.2, 0) is 0 Å². The summed E-state index contributed by atoms with van der Waals surface area (Å²) in [7, 11) is 3.29. The van der Waals surface area contributed by atoms with Crippen LogP contribution in [-0.4, -0.2) is 11.8 Å². The first-order valence-corrected chi connectivity index (χ1v) is 3.79. The normalized spacial score (nSPS) is 9.00. The molecule has 0 aliphatic heterocycles. The second-order valence-corrected chi connectivity index (χ2v) is 8.10. The van der Waals surface area contributed by atoms with Crippen molar-refractivity contribution in [2.75, 3.05) is 0 Å². The molecule has 0 aromatic rings. The summed E-state index contributed by atoms with van der Waals surface area (Å²) < 4.78 is 0.579. The maximum atomic E-state index is 3.29. The zero-order chi connectivity index (χ0) is 3.58. The Balaban J connectivity index is 2.32. The molecule has 4 heavy (non-hydrogen) atoms. The molecule has 0 saturated heterocycles. The summed E-state index contributed by atoms with van der Waals surface area (Å²) >= 11 is 4.49. The smallest absolute Gasteiger partial charge is 0.0558 e. The Kier molecular flexibility index (Phi) is 4.10. The van der Waals surface area contributed by atoms with E-state index in [1.54, 1.807) is 0 Å². The van der Waals surface area contributed by atoms with Gasteiger partial charge in [-0.25, -0.2) is 0 Å². The topological polar surface area (TPSA) is 0 Å². The van der Waals surface area contributed by atoms with Crippen LogP contribution in [0.15, 0.2) is 0 Å². The van der Waals surface area contributed by atoms with E-state index < -0.39 is 0 Å². The SMILES string of the molecule is [Si]C(I)I. The highest BCUT2D eigenvalue weighted by molar-refractivity contribution is 14.2. The Labute approximate surface area is 56.4 Å². The third kappa shape index (κ3) is 9.37. The first kappa shape index (κ1) is 5.68. The lowest BCUT2D eigenvalue weighted by Crippen LogP contribution is -1.72. The van der Waals surface area contributed by atoms with E-state index in [1.807, 2.05) is 0 Å². The zero-order valence-corrected chi connectivity index (χ0v) is 7.15. The minimum Gasteiger partial charge on any atom is -0.0757 e. The van der Waals surface area contributed by atoms with Crippen molar-refractivity contribution in [3.63, 3.8) is 0 Å². The number of rotatable bonds is 0. The van der Waals surface area contributed by atoms with Crippen LogP contribution in [0.2, 0.25) is 0 Å². The molecule has 0 fully saturated rings. The van der Waals surface area contributed by atoms with Gasteiger partial charge in [0.2, 0.25) is 0 Å². The molecule has 0 aliphatic rings. The quantitative estimate of drug-likeness (QED) is 0.359. The van der Waals surface area contributed by atoms with Gasteiger partial charge in [0.1, 0.15) is 0 Å². The van der Waals surface area contributed by atoms with E-state index in [-0.39, 0.29) is 0 Å². The summed E-state index contributed by atoms with van der Waals surface area (Å²) in [6.45, 7) is 0. The Hall–Kier alpha value is 1.68. The first-order chi connectivity index (χ1) is 1.73. The Morgan fingerprint density at radius 3 is 1.50 bits per heavy atom. The highest BCUT2D eigenvalue weighted by Gasteiger charge is 1.74. The van der Waals surface area contributed by atoms with E-state index >= 15 is 0 Å². The van der Waals surface area contributed by atoms with Crippen LogP contribution in [0.1, 0.15) is 0 Å². The van der Waals surface area contributed by atoms with Crippen LogP contribution in [0.5, 0.6) is 0 Å². The Morgan fingerprint density at radius 2 is 1.50 bits per heavy atom. The van der Waals surface area contributed by atoms with Crippen LogP contribution in [0, 0.1) is 0 Å². The molecule has 3 heteroatoms. The van der Waals surface area contributed by atoms with Gasteiger partial charge in [-0.05, 0) is 0 Å². The average Bonchev–Trinajstić information content (AvgIpc) is 0.811. The van der Waals surface area contributed by atoms with Crippen molar-refractivity contribution >= 4 is 55.4 Å². The molecule has 0 bridgehead atoms. The van der Waals surface area contributed by atoms with Crippen molar-refractivity contribution in [3.8, 4) is 0 Å². The molecule has 0 heterocycles. The predicted molar refractivity (Wildman–Crippen MR) is 37.6 cm³/mol. The van der Waals surface area contributed by atoms with Crippen LogP contribution < -0.4 is 0 Å². The molecule has 0 N–H and O–H groups in total. The summed E-state index contributed by atoms with van der Waals surface area (Å²) in [5.41, 5.74) is 0. The van der Waals surface area contributed by atoms with Gasteiger partial charge in [-0.2, -0.15) is 0 Å². The fourth-order valence-electron chi connectivity index (χ4n) is 0. The first-order valence-electron chi connectivity index (χ1n) is 0.725. The molecule has 0 atom stereocenters. The molecule has 0 aromatic heterocycles. The van der Waals surface area contributed by atoms with Crippen LogP contribution in [0.4, 0.5) is 0 Å². The minimum absolute atomic E-state index is 0.579. The summed E-state index contributed by atoms with van der Waals surface area (Å²) in [6.07, 6.45) is 0. The largest absolute Gasteiger partial charge is 0.0757 e. The number of hydrogen-bond donors (Lipinski definition) is 0. The molecular formula is CHI2Si. The standard InChI is InChI=1S/CHI2Si/c2-1(3)4/h1H. The maximum absolute atomic E-state index is 3.29. The highest BCUT2D eigenvalue weighted by atomic mass is 127. The molecule has 23 valence electrons. The molecule has 0 unspecified atom stereocenters. The van der Waals surface area contributed by atoms with Gasteiger partial charge in [-0.1, -0.05) is 45.2 Å². The van der Waals surface area contributed by atoms with Crippen molar-refractivity contribution in [1.82, 2.24) is 0 Å². The van der Waals surface area contributed by atoms with Crippen molar-refractivity contribution in [1.29, 1.82) is 0 Å². The Bertz CT molecular complexity index is 10.8. The maximum Gasteiger partial charge on any atom is 0.0558 e. The number of alkyl halides is 2. The number of hydrogen-bond acceptors (Lipinski definition) is 0. The van der Waals surface area contributed by atoms with E-state index in [0.29, 0.717) is 1.55 Å². The lowest BCUT2D eigenvalue weighted by molar-refractivity contribution is 2.27. The van der Waals surface area contributed by atoms with Gasteiger partial charge in [-0.15, -0.1) is 0 Å². The van der Waals surface area contributed by atoms with E-state index in [9.17, 15) is 0 Å². The molecule has 0 nitrogen and oxygen atoms in total. The van der Waals surface area contributed by atoms with E-state index in [2.05, 4.69) is 55.4 Å². The Morgan fingerprint density at radius 1 is 1.50 bits per heavy atom. The van der Waals surface area contributed by atoms with Gasteiger partial charge in [0, 0.05) is 1.55 Å². The van der Waals surface area contributed by atoms with Crippen molar-refractivity contribution in [2.45, 2.75) is 1.55 Å². The minimum atomic E-state index is 0.579. The predicted octanol–water partition coefficient (Wildman–Crippen LogP) is 1.31. The fraction of sp³-hybridized carbons (Fsp3) is 1.00. The van der Waals surface area contributed by atoms with Crippen molar-refractivity contribution in [2.24, 2.45) is 0 Å². The molecule has 0 amide bonds. The molecule has 0 spiro atoms. The van der Waals surface area contributed by atoms with Crippen LogP contribution in [0.3, 0.4) is 0 Å². The van der Waals surface area contributed by atoms with Gasteiger partial charge in [-0.3, -0.25) is 0 Å². The van der Waals surface area contributed by atoms with Crippen LogP contribution >= 0.6 is 45.2 Å². The fourth-order valence-corrected chi connectivity index (χ4v) is 0. The van der Waals surface area contributed by atoms with Crippen LogP contribution in [0.25, 0.3) is 0 Å². The second kappa shape index (κ2) is 2.89. The summed E-state index contributed by atoms with van der Waals surface area (Å²) in [4.78, 5) is 0. The second-order valence-electron chi connectivity index (χ2n) is 0.301. The monoisotopic (exact) mass is 295 g/mol. The van der Waals surface area contributed by atoms with Gasteiger partial charge in [0.25, 0.3) is 0 Å². The third-order valence-electron chi connectivity index (χ3n) is 0. The summed E-state index contributed by atoms with van der Waals surface area (Å²) in [5, 5.41) is 0. The van der Waals surface area contributed by atoms with Crippen molar-refractivity contribution < 1.29 is 0 Å². The molecule has 3 radical (unpaired) electrons. The van der Waals surface area contributed by atoms with E-state index in [0.717, 1.165) is 0 Å². The lowest BCUT2D eigenvalue weighted by Gasteiger charge is -1.72. The third-order valence-corrected chi connectivity index (χ3v) is 0. The highest BCUT2D eigenvalue weighted by Crippen LogP contribution is 2.00. The van der Waals surface area contributed by atoms with Gasteiger partial charge in [0.15, 0.2) is 0 Å². The van der Waals surface area contributed by atoms with Gasteiger partial charge < -0.3 is 0 Å². The average molecular weight is 295 g/mol. The van der Waals surface area contributed by atoms with Gasteiger partial charge >= 0.3 is 0 Å². The van der Waals surface area contributed by atoms with Crippen molar-refractivity contribution in [3.05, 3.63) is 0 Å². The molecule has 0 aliphatic carbocycles. The summed E-state index contributed by atoms with van der Waals surface area (Å²) in [5.74, 6) is 0. The molecular weight excluding hydrogens is 294 g/mol. The molecule has 0 aromatic carbocycles. The molecule has 0 saturated carbocycles.